The Morgan fingerprint density at radius 2 is 2.29 bits per heavy atom. The van der Waals surface area contributed by atoms with Crippen molar-refractivity contribution in [2.75, 3.05) is 0 Å². The van der Waals surface area contributed by atoms with Crippen LogP contribution in [-0.4, -0.2) is 4.98 Å². The van der Waals surface area contributed by atoms with Crippen molar-refractivity contribution >= 4 is 11.6 Å². The van der Waals surface area contributed by atoms with E-state index in [-0.39, 0.29) is 0 Å². The minimum absolute atomic E-state index is 0.399. The van der Waals surface area contributed by atoms with E-state index in [4.69, 9.17) is 20.8 Å². The van der Waals surface area contributed by atoms with Crippen LogP contribution in [0.15, 0.2) is 41.1 Å². The summed E-state index contributed by atoms with van der Waals surface area (Å²) >= 11 is 5.63. The number of nitrogens with zero attached hydrogens (tertiary/aromatic N) is 1. The molecule has 2 aromatic rings. The normalized spacial score (nSPS) is 10.1. The number of hydrogen-bond donors (Lipinski definition) is 0. The summed E-state index contributed by atoms with van der Waals surface area (Å²) in [6, 6.07) is 7.11. The Bertz CT molecular complexity index is 383. The Labute approximate surface area is 86.3 Å². The molecule has 0 aliphatic carbocycles. The third kappa shape index (κ3) is 2.26. The lowest BCUT2D eigenvalue weighted by molar-refractivity contribution is 0.269. The van der Waals surface area contributed by atoms with Gasteiger partial charge in [-0.2, -0.15) is 0 Å². The van der Waals surface area contributed by atoms with E-state index in [2.05, 4.69) is 4.98 Å². The Morgan fingerprint density at radius 1 is 1.36 bits per heavy atom. The highest BCUT2D eigenvalue weighted by atomic mass is 35.5. The van der Waals surface area contributed by atoms with Crippen molar-refractivity contribution in [2.45, 2.75) is 6.61 Å². The predicted octanol–water partition coefficient (Wildman–Crippen LogP) is 2.91. The van der Waals surface area contributed by atoms with Crippen LogP contribution in [0.1, 0.15) is 5.76 Å². The van der Waals surface area contributed by atoms with Crippen LogP contribution in [0.3, 0.4) is 0 Å². The summed E-state index contributed by atoms with van der Waals surface area (Å²) in [7, 11) is 0. The van der Waals surface area contributed by atoms with Gasteiger partial charge in [0, 0.05) is 0 Å². The van der Waals surface area contributed by atoms with Gasteiger partial charge in [-0.05, 0) is 24.3 Å². The number of aromatic nitrogens is 1. The molecule has 2 aromatic heterocycles. The lowest BCUT2D eigenvalue weighted by Gasteiger charge is -2.02. The highest BCUT2D eigenvalue weighted by molar-refractivity contribution is 6.29. The van der Waals surface area contributed by atoms with Gasteiger partial charge in [0.1, 0.15) is 23.3 Å². The van der Waals surface area contributed by atoms with Crippen LogP contribution in [0.25, 0.3) is 0 Å². The van der Waals surface area contributed by atoms with E-state index < -0.39 is 0 Å². The number of pyridine rings is 1. The molecule has 0 amide bonds. The average molecular weight is 210 g/mol. The zero-order valence-electron chi connectivity index (χ0n) is 7.31. The number of hydrogen-bond acceptors (Lipinski definition) is 3. The minimum atomic E-state index is 0.399. The molecule has 2 heterocycles. The molecule has 0 radical (unpaired) electrons. The van der Waals surface area contributed by atoms with E-state index in [1.54, 1.807) is 24.6 Å². The maximum absolute atomic E-state index is 5.63. The maximum Gasteiger partial charge on any atom is 0.146 e. The van der Waals surface area contributed by atoms with Crippen molar-refractivity contribution in [1.29, 1.82) is 0 Å². The topological polar surface area (TPSA) is 35.3 Å². The molecule has 0 spiro atoms. The first-order chi connectivity index (χ1) is 6.84. The summed E-state index contributed by atoms with van der Waals surface area (Å²) < 4.78 is 10.5. The minimum Gasteiger partial charge on any atom is -0.484 e. The summed E-state index contributed by atoms with van der Waals surface area (Å²) in [5, 5.41) is 0.454. The summed E-state index contributed by atoms with van der Waals surface area (Å²) in [6.45, 7) is 0.399. The Balaban J connectivity index is 1.95. The van der Waals surface area contributed by atoms with E-state index in [0.29, 0.717) is 17.5 Å². The standard InChI is InChI=1S/C10H8ClNO2/c11-10-4-3-8(6-12-10)14-7-9-2-1-5-13-9/h1-6H,7H2. The molecule has 0 fully saturated rings. The molecule has 0 aliphatic heterocycles. The van der Waals surface area contributed by atoms with Gasteiger partial charge in [-0.15, -0.1) is 0 Å². The van der Waals surface area contributed by atoms with Gasteiger partial charge in [0.25, 0.3) is 0 Å². The molecular formula is C10H8ClNO2. The van der Waals surface area contributed by atoms with Crippen molar-refractivity contribution in [3.05, 3.63) is 47.6 Å². The van der Waals surface area contributed by atoms with Crippen molar-refractivity contribution in [3.8, 4) is 5.75 Å². The predicted molar refractivity (Wildman–Crippen MR) is 52.3 cm³/mol. The Kier molecular flexibility index (Phi) is 2.70. The number of halogens is 1. The molecule has 2 rings (SSSR count). The number of furan rings is 1. The molecule has 0 unspecified atom stereocenters. The van der Waals surface area contributed by atoms with Gasteiger partial charge in [0.05, 0.1) is 12.5 Å². The van der Waals surface area contributed by atoms with Crippen LogP contribution in [-0.2, 0) is 6.61 Å². The second kappa shape index (κ2) is 4.15. The summed E-state index contributed by atoms with van der Waals surface area (Å²) in [4.78, 5) is 3.89. The van der Waals surface area contributed by atoms with E-state index in [9.17, 15) is 0 Å². The molecule has 0 atom stereocenters. The van der Waals surface area contributed by atoms with Gasteiger partial charge in [-0.3, -0.25) is 0 Å². The van der Waals surface area contributed by atoms with Gasteiger partial charge >= 0.3 is 0 Å². The zero-order chi connectivity index (χ0) is 9.80. The number of rotatable bonds is 3. The van der Waals surface area contributed by atoms with Crippen molar-refractivity contribution in [3.63, 3.8) is 0 Å². The average Bonchev–Trinajstić information content (AvgIpc) is 2.70. The fourth-order valence-corrected chi connectivity index (χ4v) is 1.11. The van der Waals surface area contributed by atoms with Crippen LogP contribution >= 0.6 is 11.6 Å². The Morgan fingerprint density at radius 3 is 2.93 bits per heavy atom. The van der Waals surface area contributed by atoms with Gasteiger partial charge in [0.15, 0.2) is 0 Å². The zero-order valence-corrected chi connectivity index (χ0v) is 8.07. The van der Waals surface area contributed by atoms with Crippen LogP contribution < -0.4 is 4.74 Å². The first-order valence-electron chi connectivity index (χ1n) is 4.11. The molecule has 0 bridgehead atoms. The molecule has 0 N–H and O–H groups in total. The monoisotopic (exact) mass is 209 g/mol. The van der Waals surface area contributed by atoms with Crippen LogP contribution in [0.4, 0.5) is 0 Å². The lowest BCUT2D eigenvalue weighted by Crippen LogP contribution is -1.93. The highest BCUT2D eigenvalue weighted by Crippen LogP contribution is 2.13. The molecule has 0 saturated heterocycles. The molecular weight excluding hydrogens is 202 g/mol. The van der Waals surface area contributed by atoms with Gasteiger partial charge in [0.2, 0.25) is 0 Å². The van der Waals surface area contributed by atoms with Crippen LogP contribution in [0, 0.1) is 0 Å². The van der Waals surface area contributed by atoms with Gasteiger partial charge in [-0.1, -0.05) is 11.6 Å². The highest BCUT2D eigenvalue weighted by Gasteiger charge is 1.98. The summed E-state index contributed by atoms with van der Waals surface area (Å²) in [5.74, 6) is 1.45. The van der Waals surface area contributed by atoms with E-state index >= 15 is 0 Å². The van der Waals surface area contributed by atoms with Gasteiger partial charge in [-0.25, -0.2) is 4.98 Å². The van der Waals surface area contributed by atoms with Crippen LogP contribution in [0.5, 0.6) is 5.75 Å². The second-order valence-electron chi connectivity index (χ2n) is 2.68. The third-order valence-electron chi connectivity index (χ3n) is 1.66. The van der Waals surface area contributed by atoms with Crippen molar-refractivity contribution in [2.24, 2.45) is 0 Å². The largest absolute Gasteiger partial charge is 0.484 e. The van der Waals surface area contributed by atoms with Crippen LogP contribution in [0.2, 0.25) is 5.15 Å². The fourth-order valence-electron chi connectivity index (χ4n) is 0.997. The van der Waals surface area contributed by atoms with E-state index in [0.717, 1.165) is 5.76 Å². The first-order valence-corrected chi connectivity index (χ1v) is 4.49. The van der Waals surface area contributed by atoms with Crippen molar-refractivity contribution in [1.82, 2.24) is 4.98 Å². The quantitative estimate of drug-likeness (QED) is 0.730. The molecule has 3 nitrogen and oxygen atoms in total. The maximum atomic E-state index is 5.63. The summed E-state index contributed by atoms with van der Waals surface area (Å²) in [6.07, 6.45) is 3.18. The molecule has 0 aromatic carbocycles. The lowest BCUT2D eigenvalue weighted by atomic mass is 10.4. The second-order valence-corrected chi connectivity index (χ2v) is 3.07. The van der Waals surface area contributed by atoms with Gasteiger partial charge < -0.3 is 9.15 Å². The molecule has 0 aliphatic rings. The third-order valence-corrected chi connectivity index (χ3v) is 1.89. The molecule has 4 heteroatoms. The molecule has 14 heavy (non-hydrogen) atoms. The molecule has 0 saturated carbocycles. The van der Waals surface area contributed by atoms with E-state index in [1.807, 2.05) is 12.1 Å². The SMILES string of the molecule is Clc1ccc(OCc2ccco2)cn1. The van der Waals surface area contributed by atoms with E-state index in [1.165, 1.54) is 0 Å². The first kappa shape index (κ1) is 9.09. The summed E-state index contributed by atoms with van der Waals surface area (Å²) in [5.41, 5.74) is 0. The molecule has 72 valence electrons. The number of ether oxygens (including phenoxy) is 1. The fraction of sp³-hybridized carbons (Fsp3) is 0.100. The smallest absolute Gasteiger partial charge is 0.146 e. The van der Waals surface area contributed by atoms with Crippen molar-refractivity contribution < 1.29 is 9.15 Å². The Hall–Kier alpha value is -1.48.